The van der Waals surface area contributed by atoms with Crippen molar-refractivity contribution in [2.45, 2.75) is 69.9 Å². The zero-order valence-electron chi connectivity index (χ0n) is 19.6. The van der Waals surface area contributed by atoms with Crippen molar-refractivity contribution in [1.29, 1.82) is 0 Å². The number of rotatable bonds is 11. The third kappa shape index (κ3) is 9.25. The molecule has 4 nitrogen and oxygen atoms in total. The Morgan fingerprint density at radius 2 is 1.72 bits per heavy atom. The van der Waals surface area contributed by atoms with E-state index in [-0.39, 0.29) is 17.4 Å². The van der Waals surface area contributed by atoms with E-state index in [9.17, 15) is 9.59 Å². The Balaban J connectivity index is 2.01. The summed E-state index contributed by atoms with van der Waals surface area (Å²) in [6, 6.07) is 17.4. The van der Waals surface area contributed by atoms with Gasteiger partial charge in [-0.1, -0.05) is 48.9 Å². The lowest BCUT2D eigenvalue weighted by Gasteiger charge is -2.33. The predicted octanol–water partition coefficient (Wildman–Crippen LogP) is 5.98. The van der Waals surface area contributed by atoms with E-state index >= 15 is 0 Å². The maximum atomic E-state index is 13.2. The third-order valence-electron chi connectivity index (χ3n) is 4.99. The van der Waals surface area contributed by atoms with E-state index in [0.717, 1.165) is 34.1 Å². The minimum Gasteiger partial charge on any atom is -0.350 e. The van der Waals surface area contributed by atoms with Crippen LogP contribution < -0.4 is 5.32 Å². The molecule has 2 amide bonds. The standard InChI is InChI=1S/C26H35ClN2O2S/c1-5-23(25(31)28-26(2,3)4)29(18-17-20-10-7-6-8-11-20)24(30)12-9-19-32-22-15-13-21(27)14-16-22/h6-8,10-11,13-16,23H,5,9,12,17-19H2,1-4H3,(H,28,31)/t23-/m0/s1. The summed E-state index contributed by atoms with van der Waals surface area (Å²) in [5, 5.41) is 3.77. The minimum absolute atomic E-state index is 0.0357. The predicted molar refractivity (Wildman–Crippen MR) is 135 cm³/mol. The second-order valence-corrected chi connectivity index (χ2v) is 10.5. The fourth-order valence-corrected chi connectivity index (χ4v) is 4.42. The van der Waals surface area contributed by atoms with Crippen LogP contribution in [0, 0.1) is 0 Å². The molecule has 0 aromatic heterocycles. The molecule has 0 aliphatic rings. The summed E-state index contributed by atoms with van der Waals surface area (Å²) < 4.78 is 0. The lowest BCUT2D eigenvalue weighted by Crippen LogP contribution is -2.54. The molecule has 2 aromatic carbocycles. The zero-order chi connectivity index (χ0) is 23.6. The van der Waals surface area contributed by atoms with Gasteiger partial charge < -0.3 is 10.2 Å². The lowest BCUT2D eigenvalue weighted by atomic mass is 10.0. The fraction of sp³-hybridized carbons (Fsp3) is 0.462. The molecule has 1 N–H and O–H groups in total. The van der Waals surface area contributed by atoms with Gasteiger partial charge >= 0.3 is 0 Å². The topological polar surface area (TPSA) is 49.4 Å². The molecule has 2 rings (SSSR count). The Morgan fingerprint density at radius 3 is 2.31 bits per heavy atom. The van der Waals surface area contributed by atoms with Crippen LogP contribution in [-0.2, 0) is 16.0 Å². The average Bonchev–Trinajstić information content (AvgIpc) is 2.74. The van der Waals surface area contributed by atoms with E-state index in [1.807, 2.05) is 70.2 Å². The summed E-state index contributed by atoms with van der Waals surface area (Å²) in [6.07, 6.45) is 2.49. The molecule has 0 saturated heterocycles. The van der Waals surface area contributed by atoms with Crippen LogP contribution in [0.3, 0.4) is 0 Å². The number of thioether (sulfide) groups is 1. The summed E-state index contributed by atoms with van der Waals surface area (Å²) in [7, 11) is 0. The maximum absolute atomic E-state index is 13.2. The van der Waals surface area contributed by atoms with Crippen LogP contribution in [-0.4, -0.2) is 40.6 Å². The van der Waals surface area contributed by atoms with Crippen molar-refractivity contribution >= 4 is 35.2 Å². The summed E-state index contributed by atoms with van der Waals surface area (Å²) in [6.45, 7) is 8.38. The number of amides is 2. The molecule has 0 spiro atoms. The Labute approximate surface area is 202 Å². The van der Waals surface area contributed by atoms with Gasteiger partial charge in [-0.25, -0.2) is 0 Å². The molecular weight excluding hydrogens is 440 g/mol. The van der Waals surface area contributed by atoms with Crippen LogP contribution in [0.1, 0.15) is 52.5 Å². The Kier molecular flexibility index (Phi) is 10.6. The van der Waals surface area contributed by atoms with Gasteiger partial charge in [0.25, 0.3) is 0 Å². The van der Waals surface area contributed by atoms with Crippen molar-refractivity contribution in [1.82, 2.24) is 10.2 Å². The number of carbonyl (C=O) groups is 2. The molecule has 0 fully saturated rings. The Hall–Kier alpha value is -1.98. The van der Waals surface area contributed by atoms with E-state index in [1.54, 1.807) is 16.7 Å². The summed E-state index contributed by atoms with van der Waals surface area (Å²) in [5.74, 6) is 0.788. The summed E-state index contributed by atoms with van der Waals surface area (Å²) in [4.78, 5) is 29.1. The molecule has 32 heavy (non-hydrogen) atoms. The molecule has 1 atom stereocenters. The van der Waals surface area contributed by atoms with E-state index < -0.39 is 6.04 Å². The number of hydrogen-bond acceptors (Lipinski definition) is 3. The van der Waals surface area contributed by atoms with Gasteiger partial charge in [-0.05, 0) is 75.6 Å². The van der Waals surface area contributed by atoms with Gasteiger partial charge in [0, 0.05) is 28.4 Å². The van der Waals surface area contributed by atoms with E-state index in [1.165, 1.54) is 0 Å². The van der Waals surface area contributed by atoms with Crippen molar-refractivity contribution in [2.75, 3.05) is 12.3 Å². The first-order valence-corrected chi connectivity index (χ1v) is 12.6. The van der Waals surface area contributed by atoms with Crippen LogP contribution in [0.2, 0.25) is 5.02 Å². The highest BCUT2D eigenvalue weighted by Crippen LogP contribution is 2.22. The first-order chi connectivity index (χ1) is 15.2. The van der Waals surface area contributed by atoms with Gasteiger partial charge in [-0.3, -0.25) is 9.59 Å². The van der Waals surface area contributed by atoms with Gasteiger partial charge in [-0.15, -0.1) is 11.8 Å². The first-order valence-electron chi connectivity index (χ1n) is 11.2. The zero-order valence-corrected chi connectivity index (χ0v) is 21.1. The normalized spacial score (nSPS) is 12.3. The van der Waals surface area contributed by atoms with Crippen molar-refractivity contribution in [3.8, 4) is 0 Å². The Bertz CT molecular complexity index is 850. The van der Waals surface area contributed by atoms with Gasteiger partial charge in [0.2, 0.25) is 11.8 Å². The number of hydrogen-bond donors (Lipinski definition) is 1. The molecule has 2 aromatic rings. The molecule has 0 radical (unpaired) electrons. The van der Waals surface area contributed by atoms with Crippen LogP contribution in [0.5, 0.6) is 0 Å². The molecular formula is C26H35ClN2O2S. The number of benzene rings is 2. The Morgan fingerprint density at radius 1 is 1.06 bits per heavy atom. The smallest absolute Gasteiger partial charge is 0.243 e. The molecule has 0 aliphatic heterocycles. The number of halogens is 1. The number of nitrogens with one attached hydrogen (secondary N) is 1. The highest BCUT2D eigenvalue weighted by Gasteiger charge is 2.29. The summed E-state index contributed by atoms with van der Waals surface area (Å²) in [5.41, 5.74) is 0.822. The van der Waals surface area contributed by atoms with Crippen LogP contribution >= 0.6 is 23.4 Å². The van der Waals surface area contributed by atoms with Crippen LogP contribution in [0.25, 0.3) is 0 Å². The number of carbonyl (C=O) groups excluding carboxylic acids is 2. The van der Waals surface area contributed by atoms with E-state index in [0.29, 0.717) is 19.4 Å². The van der Waals surface area contributed by atoms with Gasteiger partial charge in [0.05, 0.1) is 0 Å². The van der Waals surface area contributed by atoms with Crippen molar-refractivity contribution in [3.05, 3.63) is 65.2 Å². The average molecular weight is 475 g/mol. The van der Waals surface area contributed by atoms with Gasteiger partial charge in [-0.2, -0.15) is 0 Å². The third-order valence-corrected chi connectivity index (χ3v) is 6.34. The highest BCUT2D eigenvalue weighted by atomic mass is 35.5. The van der Waals surface area contributed by atoms with E-state index in [2.05, 4.69) is 17.4 Å². The number of nitrogens with zero attached hydrogens (tertiary/aromatic N) is 1. The molecule has 0 aliphatic carbocycles. The van der Waals surface area contributed by atoms with Gasteiger partial charge in [0.15, 0.2) is 0 Å². The second kappa shape index (κ2) is 12.9. The van der Waals surface area contributed by atoms with Crippen LogP contribution in [0.4, 0.5) is 0 Å². The maximum Gasteiger partial charge on any atom is 0.243 e. The molecule has 0 bridgehead atoms. The van der Waals surface area contributed by atoms with Gasteiger partial charge in [0.1, 0.15) is 6.04 Å². The summed E-state index contributed by atoms with van der Waals surface area (Å²) >= 11 is 7.65. The second-order valence-electron chi connectivity index (χ2n) is 8.89. The largest absolute Gasteiger partial charge is 0.350 e. The van der Waals surface area contributed by atoms with Crippen molar-refractivity contribution in [3.63, 3.8) is 0 Å². The molecule has 174 valence electrons. The molecule has 0 unspecified atom stereocenters. The van der Waals surface area contributed by atoms with E-state index in [4.69, 9.17) is 11.6 Å². The SMILES string of the molecule is CC[C@@H](C(=O)NC(C)(C)C)N(CCc1ccccc1)C(=O)CCCSc1ccc(Cl)cc1. The minimum atomic E-state index is -0.464. The quantitative estimate of drug-likeness (QED) is 0.322. The first kappa shape index (κ1) is 26.3. The van der Waals surface area contributed by atoms with Crippen LogP contribution in [0.15, 0.2) is 59.5 Å². The van der Waals surface area contributed by atoms with Crippen molar-refractivity contribution < 1.29 is 9.59 Å². The lowest BCUT2D eigenvalue weighted by molar-refractivity contribution is -0.141. The molecule has 0 saturated carbocycles. The van der Waals surface area contributed by atoms with Crippen molar-refractivity contribution in [2.24, 2.45) is 0 Å². The molecule has 0 heterocycles. The fourth-order valence-electron chi connectivity index (χ4n) is 3.44. The molecule has 6 heteroatoms. The monoisotopic (exact) mass is 474 g/mol. The highest BCUT2D eigenvalue weighted by molar-refractivity contribution is 7.99.